The van der Waals surface area contributed by atoms with Crippen LogP contribution in [0.15, 0.2) is 0 Å². The molecule has 0 aromatic carbocycles. The van der Waals surface area contributed by atoms with Gasteiger partial charge in [0, 0.05) is 0 Å². The summed E-state index contributed by atoms with van der Waals surface area (Å²) >= 11 is 1.28. The summed E-state index contributed by atoms with van der Waals surface area (Å²) in [4.78, 5) is 0. The molecule has 0 aliphatic carbocycles. The Kier molecular flexibility index (Phi) is 2.15. The molecule has 0 fully saturated rings. The Morgan fingerprint density at radius 3 is 2.36 bits per heavy atom. The predicted molar refractivity (Wildman–Crippen MR) is 38.6 cm³/mol. The van der Waals surface area contributed by atoms with Crippen LogP contribution in [0.2, 0.25) is 0 Å². The molecule has 11 heavy (non-hydrogen) atoms. The van der Waals surface area contributed by atoms with Crippen LogP contribution in [0.5, 0.6) is 0 Å². The third-order valence-electron chi connectivity index (χ3n) is 1.05. The molecule has 0 atom stereocenters. The Labute approximate surface area is 67.7 Å². The molecule has 1 aromatic rings. The first-order chi connectivity index (χ1) is 5.27. The lowest BCUT2D eigenvalue weighted by Gasteiger charge is -1.86. The second-order valence-electron chi connectivity index (χ2n) is 1.85. The summed E-state index contributed by atoms with van der Waals surface area (Å²) in [5.74, 6) is -0.763. The van der Waals surface area contributed by atoms with Gasteiger partial charge in [-0.25, -0.2) is 0 Å². The Morgan fingerprint density at radius 2 is 2.00 bits per heavy atom. The van der Waals surface area contributed by atoms with E-state index in [1.807, 2.05) is 12.1 Å². The standard InChI is InChI=1S/C6H4N4S/c1-4-9-10-6(11-4)5(2-7)3-8/h5H,1H3. The Hall–Kier alpha value is -1.46. The van der Waals surface area contributed by atoms with Crippen LogP contribution >= 0.6 is 11.3 Å². The first-order valence-electron chi connectivity index (χ1n) is 2.87. The fourth-order valence-electron chi connectivity index (χ4n) is 0.568. The second kappa shape index (κ2) is 3.09. The topological polar surface area (TPSA) is 73.4 Å². The molecule has 0 aliphatic rings. The molecule has 0 amide bonds. The quantitative estimate of drug-likeness (QED) is 0.620. The maximum atomic E-state index is 8.46. The number of rotatable bonds is 1. The Bertz CT molecular complexity index is 315. The monoisotopic (exact) mass is 164 g/mol. The molecule has 54 valence electrons. The van der Waals surface area contributed by atoms with Crippen molar-refractivity contribution < 1.29 is 0 Å². The number of aromatic nitrogens is 2. The van der Waals surface area contributed by atoms with Crippen LogP contribution in [0, 0.1) is 29.6 Å². The van der Waals surface area contributed by atoms with Gasteiger partial charge in [-0.05, 0) is 6.92 Å². The average Bonchev–Trinajstić information content (AvgIpc) is 2.39. The summed E-state index contributed by atoms with van der Waals surface area (Å²) in [5.41, 5.74) is 0. The van der Waals surface area contributed by atoms with Gasteiger partial charge in [-0.2, -0.15) is 10.5 Å². The lowest BCUT2D eigenvalue weighted by Crippen LogP contribution is -1.89. The number of nitriles is 2. The zero-order chi connectivity index (χ0) is 8.27. The summed E-state index contributed by atoms with van der Waals surface area (Å²) in [6.07, 6.45) is 0. The van der Waals surface area contributed by atoms with Gasteiger partial charge in [-0.3, -0.25) is 0 Å². The van der Waals surface area contributed by atoms with Gasteiger partial charge in [0.1, 0.15) is 10.0 Å². The third-order valence-corrected chi connectivity index (χ3v) is 1.95. The average molecular weight is 164 g/mol. The first-order valence-corrected chi connectivity index (χ1v) is 3.69. The lowest BCUT2D eigenvalue weighted by atomic mass is 10.2. The summed E-state index contributed by atoms with van der Waals surface area (Å²) in [6, 6.07) is 3.66. The molecule has 0 saturated carbocycles. The molecule has 1 heterocycles. The molecule has 0 aliphatic heterocycles. The van der Waals surface area contributed by atoms with Crippen LogP contribution in [-0.2, 0) is 0 Å². The van der Waals surface area contributed by atoms with Gasteiger partial charge in [-0.1, -0.05) is 11.3 Å². The highest BCUT2D eigenvalue weighted by molar-refractivity contribution is 7.11. The summed E-state index contributed by atoms with van der Waals surface area (Å²) in [6.45, 7) is 1.78. The molecule has 0 bridgehead atoms. The van der Waals surface area contributed by atoms with E-state index in [4.69, 9.17) is 10.5 Å². The van der Waals surface area contributed by atoms with E-state index in [2.05, 4.69) is 10.2 Å². The van der Waals surface area contributed by atoms with Crippen molar-refractivity contribution in [2.75, 3.05) is 0 Å². The van der Waals surface area contributed by atoms with Gasteiger partial charge < -0.3 is 0 Å². The van der Waals surface area contributed by atoms with Crippen LogP contribution in [-0.4, -0.2) is 10.2 Å². The first kappa shape index (κ1) is 7.64. The number of nitrogens with zero attached hydrogens (tertiary/aromatic N) is 4. The van der Waals surface area contributed by atoms with Crippen molar-refractivity contribution in [3.63, 3.8) is 0 Å². The molecule has 0 unspecified atom stereocenters. The molecule has 1 rings (SSSR count). The molecule has 4 nitrogen and oxygen atoms in total. The second-order valence-corrected chi connectivity index (χ2v) is 3.06. The molecule has 0 spiro atoms. The van der Waals surface area contributed by atoms with Crippen molar-refractivity contribution in [2.24, 2.45) is 0 Å². The van der Waals surface area contributed by atoms with E-state index in [1.54, 1.807) is 6.92 Å². The van der Waals surface area contributed by atoms with Gasteiger partial charge >= 0.3 is 0 Å². The van der Waals surface area contributed by atoms with Gasteiger partial charge in [0.2, 0.25) is 0 Å². The van der Waals surface area contributed by atoms with Crippen molar-refractivity contribution >= 4 is 11.3 Å². The minimum atomic E-state index is -0.763. The number of hydrogen-bond acceptors (Lipinski definition) is 5. The third kappa shape index (κ3) is 1.51. The van der Waals surface area contributed by atoms with Crippen molar-refractivity contribution in [3.8, 4) is 12.1 Å². The normalized spacial score (nSPS) is 9.09. The van der Waals surface area contributed by atoms with Gasteiger partial charge in [0.15, 0.2) is 5.92 Å². The molecule has 1 aromatic heterocycles. The van der Waals surface area contributed by atoms with Gasteiger partial charge in [0.05, 0.1) is 12.1 Å². The molecule has 5 heteroatoms. The SMILES string of the molecule is Cc1nnc(C(C#N)C#N)s1. The van der Waals surface area contributed by atoms with Crippen LogP contribution in [0.25, 0.3) is 0 Å². The molecule has 0 N–H and O–H groups in total. The van der Waals surface area contributed by atoms with E-state index < -0.39 is 5.92 Å². The van der Waals surface area contributed by atoms with E-state index in [0.717, 1.165) is 5.01 Å². The van der Waals surface area contributed by atoms with E-state index >= 15 is 0 Å². The minimum Gasteiger partial charge on any atom is -0.196 e. The largest absolute Gasteiger partial charge is 0.196 e. The van der Waals surface area contributed by atoms with Crippen LogP contribution in [0.4, 0.5) is 0 Å². The Morgan fingerprint density at radius 1 is 1.36 bits per heavy atom. The maximum Gasteiger partial charge on any atom is 0.186 e. The minimum absolute atomic E-state index is 0.479. The van der Waals surface area contributed by atoms with Crippen molar-refractivity contribution in [1.82, 2.24) is 10.2 Å². The molecule has 0 radical (unpaired) electrons. The highest BCUT2D eigenvalue weighted by Gasteiger charge is 2.13. The fourth-order valence-corrected chi connectivity index (χ4v) is 1.26. The van der Waals surface area contributed by atoms with Crippen LogP contribution < -0.4 is 0 Å². The van der Waals surface area contributed by atoms with E-state index in [1.165, 1.54) is 11.3 Å². The van der Waals surface area contributed by atoms with Crippen LogP contribution in [0.3, 0.4) is 0 Å². The van der Waals surface area contributed by atoms with Gasteiger partial charge in [0.25, 0.3) is 0 Å². The summed E-state index contributed by atoms with van der Waals surface area (Å²) < 4.78 is 0. The Balaban J connectivity index is 2.95. The van der Waals surface area contributed by atoms with E-state index in [0.29, 0.717) is 5.01 Å². The maximum absolute atomic E-state index is 8.46. The number of hydrogen-bond donors (Lipinski definition) is 0. The molecular weight excluding hydrogens is 160 g/mol. The summed E-state index contributed by atoms with van der Waals surface area (Å²) in [7, 11) is 0. The van der Waals surface area contributed by atoms with E-state index in [-0.39, 0.29) is 0 Å². The summed E-state index contributed by atoms with van der Waals surface area (Å²) in [5, 5.41) is 25.5. The van der Waals surface area contributed by atoms with Crippen molar-refractivity contribution in [2.45, 2.75) is 12.8 Å². The van der Waals surface area contributed by atoms with Crippen molar-refractivity contribution in [3.05, 3.63) is 10.0 Å². The smallest absolute Gasteiger partial charge is 0.186 e. The zero-order valence-corrected chi connectivity index (χ0v) is 6.59. The zero-order valence-electron chi connectivity index (χ0n) is 5.77. The lowest BCUT2D eigenvalue weighted by molar-refractivity contribution is 0.956. The van der Waals surface area contributed by atoms with Gasteiger partial charge in [-0.15, -0.1) is 10.2 Å². The molecule has 0 saturated heterocycles. The van der Waals surface area contributed by atoms with Crippen LogP contribution in [0.1, 0.15) is 15.9 Å². The highest BCUT2D eigenvalue weighted by Crippen LogP contribution is 2.17. The number of aryl methyl sites for hydroxylation is 1. The predicted octanol–water partition coefficient (Wildman–Crippen LogP) is 0.977. The van der Waals surface area contributed by atoms with E-state index in [9.17, 15) is 0 Å². The van der Waals surface area contributed by atoms with Crippen molar-refractivity contribution in [1.29, 1.82) is 10.5 Å². The molecular formula is C6H4N4S. The highest BCUT2D eigenvalue weighted by atomic mass is 32.1. The fraction of sp³-hybridized carbons (Fsp3) is 0.333.